The fourth-order valence-electron chi connectivity index (χ4n) is 1.46. The summed E-state index contributed by atoms with van der Waals surface area (Å²) in [7, 11) is 1.56. The normalized spacial score (nSPS) is 9.89. The average Bonchev–Trinajstić information content (AvgIpc) is 2.39. The molecule has 0 radical (unpaired) electrons. The number of para-hydroxylation sites is 2. The molecule has 2 aromatic rings. The van der Waals surface area contributed by atoms with Crippen LogP contribution < -0.4 is 10.1 Å². The van der Waals surface area contributed by atoms with Gasteiger partial charge in [-0.25, -0.2) is 0 Å². The molecular formula is C13H11BrN2O2. The van der Waals surface area contributed by atoms with Gasteiger partial charge in [-0.2, -0.15) is 0 Å². The minimum absolute atomic E-state index is 0.277. The third kappa shape index (κ3) is 2.87. The monoisotopic (exact) mass is 306 g/mol. The molecule has 0 aliphatic heterocycles. The van der Waals surface area contributed by atoms with Crippen molar-refractivity contribution in [3.8, 4) is 5.75 Å². The maximum absolute atomic E-state index is 12.0. The van der Waals surface area contributed by atoms with Crippen molar-refractivity contribution in [3.63, 3.8) is 0 Å². The van der Waals surface area contributed by atoms with Crippen molar-refractivity contribution in [1.29, 1.82) is 0 Å². The number of anilines is 1. The summed E-state index contributed by atoms with van der Waals surface area (Å²) < 4.78 is 5.97. The number of amides is 1. The Morgan fingerprint density at radius 1 is 1.33 bits per heavy atom. The van der Waals surface area contributed by atoms with Crippen LogP contribution in [0.3, 0.4) is 0 Å². The van der Waals surface area contributed by atoms with E-state index in [1.54, 1.807) is 37.6 Å². The molecular weight excluding hydrogens is 296 g/mol. The number of carbonyl (C=O) groups is 1. The zero-order valence-electron chi connectivity index (χ0n) is 9.68. The first-order valence-electron chi connectivity index (χ1n) is 5.26. The Morgan fingerprint density at radius 2 is 2.11 bits per heavy atom. The third-order valence-electron chi connectivity index (χ3n) is 2.31. The van der Waals surface area contributed by atoms with Crippen molar-refractivity contribution in [2.45, 2.75) is 0 Å². The molecule has 0 unspecified atom stereocenters. The highest BCUT2D eigenvalue weighted by Crippen LogP contribution is 2.23. The number of methoxy groups -OCH3 is 1. The van der Waals surface area contributed by atoms with Crippen LogP contribution in [0.5, 0.6) is 5.75 Å². The smallest absolute Gasteiger partial charge is 0.274 e. The lowest BCUT2D eigenvalue weighted by Crippen LogP contribution is -2.14. The number of hydrogen-bond donors (Lipinski definition) is 1. The largest absolute Gasteiger partial charge is 0.495 e. The highest BCUT2D eigenvalue weighted by atomic mass is 79.9. The lowest BCUT2D eigenvalue weighted by atomic mass is 10.2. The number of carbonyl (C=O) groups excluding carboxylic acids is 1. The SMILES string of the molecule is COc1ccccc1NC(=O)c1cc(Br)ccn1. The second kappa shape index (κ2) is 5.64. The van der Waals surface area contributed by atoms with E-state index in [2.05, 4.69) is 26.2 Å². The highest BCUT2D eigenvalue weighted by Gasteiger charge is 2.10. The molecule has 0 saturated carbocycles. The van der Waals surface area contributed by atoms with Crippen molar-refractivity contribution >= 4 is 27.5 Å². The van der Waals surface area contributed by atoms with E-state index in [0.717, 1.165) is 4.47 Å². The van der Waals surface area contributed by atoms with Gasteiger partial charge < -0.3 is 10.1 Å². The molecule has 1 aromatic carbocycles. The summed E-state index contributed by atoms with van der Waals surface area (Å²) in [5, 5.41) is 2.76. The van der Waals surface area contributed by atoms with Crippen LogP contribution in [0, 0.1) is 0 Å². The Bertz CT molecular complexity index is 572. The van der Waals surface area contributed by atoms with Gasteiger partial charge in [0.1, 0.15) is 11.4 Å². The molecule has 4 nitrogen and oxygen atoms in total. The van der Waals surface area contributed by atoms with E-state index in [-0.39, 0.29) is 5.91 Å². The number of pyridine rings is 1. The maximum Gasteiger partial charge on any atom is 0.274 e. The molecule has 0 atom stereocenters. The lowest BCUT2D eigenvalue weighted by molar-refractivity contribution is 0.102. The first-order valence-corrected chi connectivity index (χ1v) is 6.06. The minimum Gasteiger partial charge on any atom is -0.495 e. The zero-order chi connectivity index (χ0) is 13.0. The van der Waals surface area contributed by atoms with Gasteiger partial charge >= 0.3 is 0 Å². The van der Waals surface area contributed by atoms with Gasteiger partial charge in [-0.1, -0.05) is 28.1 Å². The lowest BCUT2D eigenvalue weighted by Gasteiger charge is -2.09. The Kier molecular flexibility index (Phi) is 3.94. The van der Waals surface area contributed by atoms with Gasteiger partial charge in [-0.05, 0) is 24.3 Å². The molecule has 0 fully saturated rings. The van der Waals surface area contributed by atoms with Crippen molar-refractivity contribution in [2.75, 3.05) is 12.4 Å². The fraction of sp³-hybridized carbons (Fsp3) is 0.0769. The highest BCUT2D eigenvalue weighted by molar-refractivity contribution is 9.10. The van der Waals surface area contributed by atoms with Gasteiger partial charge in [0.05, 0.1) is 12.8 Å². The molecule has 1 aromatic heterocycles. The molecule has 0 saturated heterocycles. The zero-order valence-corrected chi connectivity index (χ0v) is 11.3. The number of ether oxygens (including phenoxy) is 1. The molecule has 18 heavy (non-hydrogen) atoms. The van der Waals surface area contributed by atoms with Crippen LogP contribution in [-0.4, -0.2) is 18.0 Å². The van der Waals surface area contributed by atoms with E-state index in [0.29, 0.717) is 17.1 Å². The fourth-order valence-corrected chi connectivity index (χ4v) is 1.80. The van der Waals surface area contributed by atoms with Crippen LogP contribution in [0.4, 0.5) is 5.69 Å². The summed E-state index contributed by atoms with van der Waals surface area (Å²) in [6.45, 7) is 0. The van der Waals surface area contributed by atoms with Crippen LogP contribution in [0.2, 0.25) is 0 Å². The van der Waals surface area contributed by atoms with E-state index in [9.17, 15) is 4.79 Å². The van der Waals surface area contributed by atoms with Crippen LogP contribution in [0.15, 0.2) is 47.1 Å². The quantitative estimate of drug-likeness (QED) is 0.948. The second-order valence-electron chi connectivity index (χ2n) is 3.51. The van der Waals surface area contributed by atoms with Crippen LogP contribution in [0.25, 0.3) is 0 Å². The molecule has 0 bridgehead atoms. The first kappa shape index (κ1) is 12.6. The maximum atomic E-state index is 12.0. The molecule has 5 heteroatoms. The van der Waals surface area contributed by atoms with Gasteiger partial charge in [-0.15, -0.1) is 0 Å². The molecule has 1 heterocycles. The van der Waals surface area contributed by atoms with Crippen molar-refractivity contribution in [1.82, 2.24) is 4.98 Å². The van der Waals surface area contributed by atoms with Crippen LogP contribution in [0.1, 0.15) is 10.5 Å². The third-order valence-corrected chi connectivity index (χ3v) is 2.80. The summed E-state index contributed by atoms with van der Waals surface area (Å²) >= 11 is 3.30. The van der Waals surface area contributed by atoms with E-state index < -0.39 is 0 Å². The molecule has 0 spiro atoms. The van der Waals surface area contributed by atoms with E-state index in [1.807, 2.05) is 12.1 Å². The molecule has 1 amide bonds. The van der Waals surface area contributed by atoms with Gasteiger partial charge in [0.2, 0.25) is 0 Å². The average molecular weight is 307 g/mol. The Labute approximate surface area is 113 Å². The van der Waals surface area contributed by atoms with Crippen molar-refractivity contribution in [3.05, 3.63) is 52.8 Å². The summed E-state index contributed by atoms with van der Waals surface area (Å²) in [6.07, 6.45) is 1.57. The summed E-state index contributed by atoms with van der Waals surface area (Å²) in [5.74, 6) is 0.335. The molecule has 1 N–H and O–H groups in total. The minimum atomic E-state index is -0.277. The summed E-state index contributed by atoms with van der Waals surface area (Å²) in [6, 6.07) is 10.6. The van der Waals surface area contributed by atoms with Gasteiger partial charge in [0, 0.05) is 10.7 Å². The number of halogens is 1. The van der Waals surface area contributed by atoms with E-state index in [4.69, 9.17) is 4.74 Å². The van der Waals surface area contributed by atoms with Gasteiger partial charge in [0.15, 0.2) is 0 Å². The topological polar surface area (TPSA) is 51.2 Å². The predicted octanol–water partition coefficient (Wildman–Crippen LogP) is 3.11. The molecule has 0 aliphatic carbocycles. The van der Waals surface area contributed by atoms with Crippen LogP contribution >= 0.6 is 15.9 Å². The molecule has 2 rings (SSSR count). The predicted molar refractivity (Wildman–Crippen MR) is 72.9 cm³/mol. The number of hydrogen-bond acceptors (Lipinski definition) is 3. The summed E-state index contributed by atoms with van der Waals surface area (Å²) in [5.41, 5.74) is 0.960. The van der Waals surface area contributed by atoms with Gasteiger partial charge in [0.25, 0.3) is 5.91 Å². The Balaban J connectivity index is 2.21. The number of nitrogens with one attached hydrogen (secondary N) is 1. The molecule has 92 valence electrons. The van der Waals surface area contributed by atoms with E-state index in [1.165, 1.54) is 0 Å². The molecule has 0 aliphatic rings. The standard InChI is InChI=1S/C13H11BrN2O2/c1-18-12-5-3-2-4-10(12)16-13(17)11-8-9(14)6-7-15-11/h2-8H,1H3,(H,16,17). The van der Waals surface area contributed by atoms with E-state index >= 15 is 0 Å². The van der Waals surface area contributed by atoms with Gasteiger partial charge in [-0.3, -0.25) is 9.78 Å². The van der Waals surface area contributed by atoms with Crippen LogP contribution in [-0.2, 0) is 0 Å². The number of nitrogens with zero attached hydrogens (tertiary/aromatic N) is 1. The number of benzene rings is 1. The number of rotatable bonds is 3. The summed E-state index contributed by atoms with van der Waals surface area (Å²) in [4.78, 5) is 16.0. The first-order chi connectivity index (χ1) is 8.70. The Morgan fingerprint density at radius 3 is 2.83 bits per heavy atom. The number of aromatic nitrogens is 1. The van der Waals surface area contributed by atoms with Crippen molar-refractivity contribution in [2.24, 2.45) is 0 Å². The van der Waals surface area contributed by atoms with Crippen molar-refractivity contribution < 1.29 is 9.53 Å². The Hall–Kier alpha value is -1.88. The second-order valence-corrected chi connectivity index (χ2v) is 4.43.